The lowest BCUT2D eigenvalue weighted by molar-refractivity contribution is -0.117. The molecule has 0 saturated heterocycles. The summed E-state index contributed by atoms with van der Waals surface area (Å²) in [4.78, 5) is 29.1. The number of benzene rings is 2. The van der Waals surface area contributed by atoms with Crippen molar-refractivity contribution in [1.82, 2.24) is 4.90 Å². The van der Waals surface area contributed by atoms with Crippen molar-refractivity contribution in [3.05, 3.63) is 59.4 Å². The van der Waals surface area contributed by atoms with Gasteiger partial charge in [0.25, 0.3) is 5.91 Å². The second kappa shape index (κ2) is 9.28. The number of carbonyl (C=O) groups excluding carboxylic acids is 2. The quantitative estimate of drug-likeness (QED) is 0.694. The predicted octanol–water partition coefficient (Wildman–Crippen LogP) is 4.54. The molecule has 1 aliphatic rings. The van der Waals surface area contributed by atoms with E-state index in [1.165, 1.54) is 24.3 Å². The summed E-state index contributed by atoms with van der Waals surface area (Å²) in [5.41, 5.74) is 3.14. The van der Waals surface area contributed by atoms with Crippen LogP contribution >= 0.6 is 0 Å². The van der Waals surface area contributed by atoms with Crippen molar-refractivity contribution in [2.75, 3.05) is 30.9 Å². The van der Waals surface area contributed by atoms with Gasteiger partial charge in [0.2, 0.25) is 5.91 Å². The smallest absolute Gasteiger partial charge is 0.254 e. The number of hydrogen-bond donors (Lipinski definition) is 1. The highest BCUT2D eigenvalue weighted by Crippen LogP contribution is 2.31. The van der Waals surface area contributed by atoms with Crippen LogP contribution in [0.25, 0.3) is 0 Å². The van der Waals surface area contributed by atoms with Gasteiger partial charge >= 0.3 is 0 Å². The van der Waals surface area contributed by atoms with Crippen LogP contribution in [-0.2, 0) is 11.3 Å². The minimum atomic E-state index is -0.365. The van der Waals surface area contributed by atoms with Crippen LogP contribution in [0, 0.1) is 17.7 Å². The summed E-state index contributed by atoms with van der Waals surface area (Å²) >= 11 is 0. The first kappa shape index (κ1) is 21.8. The molecule has 6 heteroatoms. The topological polar surface area (TPSA) is 52.7 Å². The summed E-state index contributed by atoms with van der Waals surface area (Å²) in [5, 5.41) is 2.99. The van der Waals surface area contributed by atoms with Crippen molar-refractivity contribution in [3.8, 4) is 0 Å². The number of rotatable bonds is 8. The third-order valence-electron chi connectivity index (χ3n) is 5.10. The van der Waals surface area contributed by atoms with Gasteiger partial charge in [-0.05, 0) is 66.8 Å². The van der Waals surface area contributed by atoms with Gasteiger partial charge in [-0.25, -0.2) is 4.39 Å². The summed E-state index contributed by atoms with van der Waals surface area (Å²) < 4.78 is 13.3. The minimum absolute atomic E-state index is 0.0555. The van der Waals surface area contributed by atoms with E-state index in [1.54, 1.807) is 4.90 Å². The van der Waals surface area contributed by atoms with E-state index in [-0.39, 0.29) is 29.5 Å². The highest BCUT2D eigenvalue weighted by atomic mass is 19.1. The predicted molar refractivity (Wildman–Crippen MR) is 118 cm³/mol. The first-order chi connectivity index (χ1) is 14.2. The summed E-state index contributed by atoms with van der Waals surface area (Å²) in [6.07, 6.45) is 1.89. The van der Waals surface area contributed by atoms with Crippen LogP contribution in [0.4, 0.5) is 15.8 Å². The SMILES string of the molecule is CC(C)CN(Cc1cc(NC(=O)C2CC2)ccc1N(C)C)C(=O)c1ccc(F)cc1. The standard InChI is InChI=1S/C24H30FN3O2/c1-16(2)14-28(24(30)18-7-9-20(25)10-8-18)15-19-13-21(11-12-22(19)27(3)4)26-23(29)17-5-6-17/h7-13,16-17H,5-6,14-15H2,1-4H3,(H,26,29). The summed E-state index contributed by atoms with van der Waals surface area (Å²) in [6, 6.07) is 11.5. The first-order valence-corrected chi connectivity index (χ1v) is 10.4. The molecule has 2 aromatic rings. The molecule has 0 aliphatic heterocycles. The molecule has 1 fully saturated rings. The molecule has 0 atom stereocenters. The zero-order valence-corrected chi connectivity index (χ0v) is 18.1. The maximum atomic E-state index is 13.3. The average molecular weight is 412 g/mol. The molecule has 2 amide bonds. The molecule has 160 valence electrons. The molecule has 3 rings (SSSR count). The average Bonchev–Trinajstić information content (AvgIpc) is 3.52. The summed E-state index contributed by atoms with van der Waals surface area (Å²) in [6.45, 7) is 5.09. The Hall–Kier alpha value is -2.89. The van der Waals surface area contributed by atoms with Crippen molar-refractivity contribution in [3.63, 3.8) is 0 Å². The lowest BCUT2D eigenvalue weighted by Crippen LogP contribution is -2.34. The largest absolute Gasteiger partial charge is 0.377 e. The fourth-order valence-corrected chi connectivity index (χ4v) is 3.46. The van der Waals surface area contributed by atoms with Gasteiger partial charge in [0.1, 0.15) is 5.82 Å². The zero-order chi connectivity index (χ0) is 21.8. The Labute approximate surface area is 177 Å². The third-order valence-corrected chi connectivity index (χ3v) is 5.10. The molecule has 0 aromatic heterocycles. The molecular formula is C24H30FN3O2. The van der Waals surface area contributed by atoms with Crippen LogP contribution < -0.4 is 10.2 Å². The zero-order valence-electron chi connectivity index (χ0n) is 18.1. The van der Waals surface area contributed by atoms with Crippen molar-refractivity contribution in [1.29, 1.82) is 0 Å². The maximum Gasteiger partial charge on any atom is 0.254 e. The minimum Gasteiger partial charge on any atom is -0.377 e. The molecule has 2 aromatic carbocycles. The Morgan fingerprint density at radius 1 is 1.10 bits per heavy atom. The van der Waals surface area contributed by atoms with Gasteiger partial charge in [-0.15, -0.1) is 0 Å². The first-order valence-electron chi connectivity index (χ1n) is 10.4. The molecule has 1 saturated carbocycles. The highest BCUT2D eigenvalue weighted by molar-refractivity contribution is 5.95. The second-order valence-corrected chi connectivity index (χ2v) is 8.59. The van der Waals surface area contributed by atoms with E-state index >= 15 is 0 Å². The van der Waals surface area contributed by atoms with E-state index in [4.69, 9.17) is 0 Å². The van der Waals surface area contributed by atoms with Crippen LogP contribution in [0.2, 0.25) is 0 Å². The van der Waals surface area contributed by atoms with Crippen LogP contribution in [-0.4, -0.2) is 37.4 Å². The normalized spacial score (nSPS) is 13.3. The van der Waals surface area contributed by atoms with Crippen LogP contribution in [0.3, 0.4) is 0 Å². The van der Waals surface area contributed by atoms with E-state index < -0.39 is 0 Å². The summed E-state index contributed by atoms with van der Waals surface area (Å²) in [5.74, 6) is -0.0498. The van der Waals surface area contributed by atoms with E-state index in [9.17, 15) is 14.0 Å². The third kappa shape index (κ3) is 5.59. The van der Waals surface area contributed by atoms with Gasteiger partial charge in [0.05, 0.1) is 0 Å². The van der Waals surface area contributed by atoms with E-state index in [2.05, 4.69) is 19.2 Å². The number of hydrogen-bond acceptors (Lipinski definition) is 3. The lowest BCUT2D eigenvalue weighted by atomic mass is 10.1. The number of nitrogens with one attached hydrogen (secondary N) is 1. The number of carbonyl (C=O) groups is 2. The van der Waals surface area contributed by atoms with E-state index in [0.29, 0.717) is 18.7 Å². The Kier molecular flexibility index (Phi) is 6.75. The second-order valence-electron chi connectivity index (χ2n) is 8.59. The molecule has 0 bridgehead atoms. The van der Waals surface area contributed by atoms with Crippen molar-refractivity contribution >= 4 is 23.2 Å². The molecular weight excluding hydrogens is 381 g/mol. The van der Waals surface area contributed by atoms with Crippen molar-refractivity contribution in [2.45, 2.75) is 33.2 Å². The summed E-state index contributed by atoms with van der Waals surface area (Å²) in [7, 11) is 3.91. The molecule has 1 N–H and O–H groups in total. The van der Waals surface area contributed by atoms with Crippen LogP contribution in [0.1, 0.15) is 42.6 Å². The highest BCUT2D eigenvalue weighted by Gasteiger charge is 2.29. The molecule has 0 unspecified atom stereocenters. The van der Waals surface area contributed by atoms with Gasteiger partial charge in [-0.2, -0.15) is 0 Å². The van der Waals surface area contributed by atoms with E-state index in [0.717, 1.165) is 29.8 Å². The van der Waals surface area contributed by atoms with Crippen molar-refractivity contribution < 1.29 is 14.0 Å². The Balaban J connectivity index is 1.88. The number of nitrogens with zero attached hydrogens (tertiary/aromatic N) is 2. The number of halogens is 1. The van der Waals surface area contributed by atoms with Gasteiger partial charge < -0.3 is 15.1 Å². The monoisotopic (exact) mass is 411 g/mol. The number of anilines is 2. The molecule has 0 heterocycles. The van der Waals surface area contributed by atoms with Crippen LogP contribution in [0.15, 0.2) is 42.5 Å². The number of amides is 2. The molecule has 0 radical (unpaired) electrons. The van der Waals surface area contributed by atoms with Gasteiger partial charge in [-0.3, -0.25) is 9.59 Å². The Morgan fingerprint density at radius 3 is 2.33 bits per heavy atom. The van der Waals surface area contributed by atoms with Gasteiger partial charge in [-0.1, -0.05) is 13.8 Å². The molecule has 5 nitrogen and oxygen atoms in total. The van der Waals surface area contributed by atoms with Crippen LogP contribution in [0.5, 0.6) is 0 Å². The Bertz CT molecular complexity index is 905. The molecule has 1 aliphatic carbocycles. The maximum absolute atomic E-state index is 13.3. The van der Waals surface area contributed by atoms with Gasteiger partial charge in [0.15, 0.2) is 0 Å². The van der Waals surface area contributed by atoms with Gasteiger partial charge in [0, 0.05) is 50.0 Å². The van der Waals surface area contributed by atoms with E-state index in [1.807, 2.05) is 37.2 Å². The van der Waals surface area contributed by atoms with Crippen molar-refractivity contribution in [2.24, 2.45) is 11.8 Å². The fraction of sp³-hybridized carbons (Fsp3) is 0.417. The molecule has 0 spiro atoms. The Morgan fingerprint density at radius 2 is 1.77 bits per heavy atom. The molecule has 30 heavy (non-hydrogen) atoms. The fourth-order valence-electron chi connectivity index (χ4n) is 3.46. The lowest BCUT2D eigenvalue weighted by Gasteiger charge is -2.28.